The molecule has 1 heterocycles. The van der Waals surface area contributed by atoms with Crippen molar-refractivity contribution in [3.63, 3.8) is 0 Å². The molecule has 9 heteroatoms. The summed E-state index contributed by atoms with van der Waals surface area (Å²) in [6.45, 7) is -0.257. The van der Waals surface area contributed by atoms with E-state index in [9.17, 15) is 14.4 Å². The molecule has 1 aromatic rings. The van der Waals surface area contributed by atoms with Crippen molar-refractivity contribution in [3.05, 3.63) is 27.1 Å². The van der Waals surface area contributed by atoms with Crippen molar-refractivity contribution in [3.8, 4) is 11.5 Å². The van der Waals surface area contributed by atoms with E-state index in [1.807, 2.05) is 0 Å². The van der Waals surface area contributed by atoms with E-state index in [-0.39, 0.29) is 17.8 Å². The zero-order valence-corrected chi connectivity index (χ0v) is 15.5. The molecule has 24 heavy (non-hydrogen) atoms. The van der Waals surface area contributed by atoms with Gasteiger partial charge in [-0.3, -0.25) is 14.5 Å². The molecule has 0 aromatic heterocycles. The Balaban J connectivity index is 2.31. The molecule has 2 amide bonds. The Morgan fingerprint density at radius 3 is 2.54 bits per heavy atom. The van der Waals surface area contributed by atoms with Gasteiger partial charge in [0.15, 0.2) is 18.1 Å². The van der Waals surface area contributed by atoms with Gasteiger partial charge in [0.25, 0.3) is 11.1 Å². The number of thioether (sulfide) groups is 1. The van der Waals surface area contributed by atoms with E-state index in [1.165, 1.54) is 21.3 Å². The SMILES string of the molecule is COC(=O)COc1cc(Br)c(/C=C2\SC(=O)N(C)C2=O)cc1OC. The van der Waals surface area contributed by atoms with Crippen LogP contribution < -0.4 is 9.47 Å². The predicted octanol–water partition coefficient (Wildman–Crippen LogP) is 2.68. The Kier molecular flexibility index (Phi) is 5.89. The highest BCUT2D eigenvalue weighted by atomic mass is 79.9. The van der Waals surface area contributed by atoms with Crippen LogP contribution in [0.1, 0.15) is 5.56 Å². The average molecular weight is 416 g/mol. The van der Waals surface area contributed by atoms with Gasteiger partial charge in [-0.2, -0.15) is 0 Å². The lowest BCUT2D eigenvalue weighted by Gasteiger charge is -2.12. The number of methoxy groups -OCH3 is 2. The van der Waals surface area contributed by atoms with Gasteiger partial charge in [0.1, 0.15) is 0 Å². The first-order valence-corrected chi connectivity index (χ1v) is 8.27. The average Bonchev–Trinajstić information content (AvgIpc) is 2.81. The first-order chi connectivity index (χ1) is 11.4. The lowest BCUT2D eigenvalue weighted by molar-refractivity contribution is -0.142. The summed E-state index contributed by atoms with van der Waals surface area (Å²) >= 11 is 4.24. The van der Waals surface area contributed by atoms with Crippen molar-refractivity contribution in [1.29, 1.82) is 0 Å². The number of halogens is 1. The fraction of sp³-hybridized carbons (Fsp3) is 0.267. The van der Waals surface area contributed by atoms with Crippen molar-refractivity contribution < 1.29 is 28.6 Å². The molecule has 0 N–H and O–H groups in total. The van der Waals surface area contributed by atoms with Crippen LogP contribution in [0, 0.1) is 0 Å². The Hall–Kier alpha value is -2.00. The van der Waals surface area contributed by atoms with Crippen LogP contribution in [0.3, 0.4) is 0 Å². The molecule has 1 fully saturated rings. The molecule has 0 saturated carbocycles. The largest absolute Gasteiger partial charge is 0.493 e. The number of ether oxygens (including phenoxy) is 3. The van der Waals surface area contributed by atoms with E-state index in [2.05, 4.69) is 20.7 Å². The maximum atomic E-state index is 12.0. The van der Waals surface area contributed by atoms with Gasteiger partial charge in [0.2, 0.25) is 0 Å². The van der Waals surface area contributed by atoms with Gasteiger partial charge in [0, 0.05) is 11.5 Å². The maximum absolute atomic E-state index is 12.0. The van der Waals surface area contributed by atoms with Gasteiger partial charge >= 0.3 is 5.97 Å². The molecule has 0 atom stereocenters. The van der Waals surface area contributed by atoms with Crippen LogP contribution in [-0.4, -0.2) is 49.9 Å². The Labute approximate surface area is 151 Å². The molecule has 0 unspecified atom stereocenters. The van der Waals surface area contributed by atoms with Crippen LogP contribution in [0.25, 0.3) is 6.08 Å². The molecule has 7 nitrogen and oxygen atoms in total. The first kappa shape index (κ1) is 18.3. The molecule has 0 bridgehead atoms. The molecule has 1 aromatic carbocycles. The summed E-state index contributed by atoms with van der Waals surface area (Å²) < 4.78 is 15.7. The second kappa shape index (κ2) is 7.71. The van der Waals surface area contributed by atoms with Crippen molar-refractivity contribution in [2.45, 2.75) is 0 Å². The minimum absolute atomic E-state index is 0.257. The number of likely N-dealkylation sites (N-methyl/N-ethyl adjacent to an activating group) is 1. The van der Waals surface area contributed by atoms with E-state index < -0.39 is 5.97 Å². The Bertz CT molecular complexity index is 733. The number of hydrogen-bond acceptors (Lipinski definition) is 7. The van der Waals surface area contributed by atoms with E-state index in [0.29, 0.717) is 26.4 Å². The van der Waals surface area contributed by atoms with Gasteiger partial charge < -0.3 is 14.2 Å². The minimum Gasteiger partial charge on any atom is -0.493 e. The highest BCUT2D eigenvalue weighted by Gasteiger charge is 2.32. The maximum Gasteiger partial charge on any atom is 0.343 e. The first-order valence-electron chi connectivity index (χ1n) is 6.66. The van der Waals surface area contributed by atoms with Crippen molar-refractivity contribution in [2.24, 2.45) is 0 Å². The van der Waals surface area contributed by atoms with Crippen molar-refractivity contribution in [1.82, 2.24) is 4.90 Å². The molecule has 0 spiro atoms. The Morgan fingerprint density at radius 2 is 2.00 bits per heavy atom. The summed E-state index contributed by atoms with van der Waals surface area (Å²) in [6.07, 6.45) is 1.59. The second-order valence-electron chi connectivity index (χ2n) is 4.63. The Morgan fingerprint density at radius 1 is 1.29 bits per heavy atom. The van der Waals surface area contributed by atoms with E-state index >= 15 is 0 Å². The number of rotatable bonds is 5. The highest BCUT2D eigenvalue weighted by Crippen LogP contribution is 2.37. The number of imide groups is 1. The second-order valence-corrected chi connectivity index (χ2v) is 6.48. The molecule has 0 radical (unpaired) electrons. The van der Waals surface area contributed by atoms with E-state index in [4.69, 9.17) is 9.47 Å². The monoisotopic (exact) mass is 415 g/mol. The number of esters is 1. The van der Waals surface area contributed by atoms with Crippen LogP contribution in [0.2, 0.25) is 0 Å². The van der Waals surface area contributed by atoms with Crippen LogP contribution in [0.4, 0.5) is 4.79 Å². The fourth-order valence-electron chi connectivity index (χ4n) is 1.82. The molecule has 128 valence electrons. The summed E-state index contributed by atoms with van der Waals surface area (Å²) in [7, 11) is 4.15. The van der Waals surface area contributed by atoms with Crippen LogP contribution in [-0.2, 0) is 14.3 Å². The normalized spacial score (nSPS) is 15.8. The van der Waals surface area contributed by atoms with Gasteiger partial charge in [-0.05, 0) is 35.5 Å². The number of amides is 2. The third kappa shape index (κ3) is 3.90. The fourth-order valence-corrected chi connectivity index (χ4v) is 3.07. The molecule has 1 aliphatic rings. The van der Waals surface area contributed by atoms with Gasteiger partial charge in [0.05, 0.1) is 19.1 Å². The number of carbonyl (C=O) groups is 3. The zero-order chi connectivity index (χ0) is 17.9. The zero-order valence-electron chi connectivity index (χ0n) is 13.1. The number of hydrogen-bond donors (Lipinski definition) is 0. The minimum atomic E-state index is -0.520. The number of nitrogens with zero attached hydrogens (tertiary/aromatic N) is 1. The van der Waals surface area contributed by atoms with Crippen LogP contribution >= 0.6 is 27.7 Å². The summed E-state index contributed by atoms with van der Waals surface area (Å²) in [5.74, 6) is -0.157. The molecule has 1 saturated heterocycles. The van der Waals surface area contributed by atoms with E-state index in [1.54, 1.807) is 18.2 Å². The van der Waals surface area contributed by atoms with Gasteiger partial charge in [-0.25, -0.2) is 4.79 Å². The van der Waals surface area contributed by atoms with Gasteiger partial charge in [-0.1, -0.05) is 15.9 Å². The number of carbonyl (C=O) groups excluding carboxylic acids is 3. The molecular formula is C15H14BrNO6S. The standard InChI is InChI=1S/C15H14BrNO6S/c1-17-14(19)12(24-15(17)20)5-8-4-10(21-2)11(6-9(8)16)23-7-13(18)22-3/h4-6H,7H2,1-3H3/b12-5-. The third-order valence-electron chi connectivity index (χ3n) is 3.13. The highest BCUT2D eigenvalue weighted by molar-refractivity contribution is 9.10. The lowest BCUT2D eigenvalue weighted by Crippen LogP contribution is -2.22. The summed E-state index contributed by atoms with van der Waals surface area (Å²) in [5, 5.41) is -0.327. The van der Waals surface area contributed by atoms with Crippen LogP contribution in [0.5, 0.6) is 11.5 Å². The van der Waals surface area contributed by atoms with Crippen molar-refractivity contribution >= 4 is 50.9 Å². The van der Waals surface area contributed by atoms with Crippen LogP contribution in [0.15, 0.2) is 21.5 Å². The molecule has 0 aliphatic carbocycles. The summed E-state index contributed by atoms with van der Waals surface area (Å²) in [4.78, 5) is 36.1. The quantitative estimate of drug-likeness (QED) is 0.539. The molecule has 1 aliphatic heterocycles. The number of benzene rings is 1. The van der Waals surface area contributed by atoms with E-state index in [0.717, 1.165) is 16.7 Å². The lowest BCUT2D eigenvalue weighted by atomic mass is 10.2. The van der Waals surface area contributed by atoms with Gasteiger partial charge in [-0.15, -0.1) is 0 Å². The molecule has 2 rings (SSSR count). The smallest absolute Gasteiger partial charge is 0.343 e. The third-order valence-corrected chi connectivity index (χ3v) is 4.78. The predicted molar refractivity (Wildman–Crippen MR) is 91.9 cm³/mol. The van der Waals surface area contributed by atoms with Crippen molar-refractivity contribution in [2.75, 3.05) is 27.9 Å². The molecular weight excluding hydrogens is 402 g/mol. The summed E-state index contributed by atoms with van der Waals surface area (Å²) in [6, 6.07) is 3.25. The summed E-state index contributed by atoms with van der Waals surface area (Å²) in [5.41, 5.74) is 0.635. The topological polar surface area (TPSA) is 82.1 Å².